The van der Waals surface area contributed by atoms with Crippen molar-refractivity contribution in [2.75, 3.05) is 13.1 Å². The summed E-state index contributed by atoms with van der Waals surface area (Å²) in [6, 6.07) is 13.2. The lowest BCUT2D eigenvalue weighted by Gasteiger charge is -2.32. The second-order valence-corrected chi connectivity index (χ2v) is 9.49. The molecular weight excluding hydrogens is 454 g/mol. The Labute approximate surface area is 188 Å². The number of halogens is 2. The summed E-state index contributed by atoms with van der Waals surface area (Å²) in [5.41, 5.74) is 1.24. The minimum Gasteiger partial charge on any atom is -0.457 e. The maximum Gasteiger partial charge on any atom is 0.320 e. The van der Waals surface area contributed by atoms with Gasteiger partial charge in [0.15, 0.2) is 11.7 Å². The largest absolute Gasteiger partial charge is 0.457 e. The van der Waals surface area contributed by atoms with E-state index in [0.717, 1.165) is 4.57 Å². The van der Waals surface area contributed by atoms with Gasteiger partial charge in [0.25, 0.3) is 10.0 Å². The average Bonchev–Trinajstić information content (AvgIpc) is 3.32. The number of likely N-dealkylation sites (tertiary alicyclic amines) is 1. The number of imidazole rings is 1. The number of sulfonamides is 1. The first-order valence-electron chi connectivity index (χ1n) is 10.4. The van der Waals surface area contributed by atoms with E-state index in [1.54, 1.807) is 42.5 Å². The molecule has 0 aliphatic carbocycles. The first kappa shape index (κ1) is 21.5. The molecule has 0 atom stereocenters. The minimum absolute atomic E-state index is 0.0147. The summed E-state index contributed by atoms with van der Waals surface area (Å²) in [7, 11) is -3.71. The Morgan fingerprint density at radius 3 is 2.55 bits per heavy atom. The second kappa shape index (κ2) is 8.22. The van der Waals surface area contributed by atoms with Gasteiger partial charge in [-0.3, -0.25) is 9.36 Å². The molecule has 5 rings (SSSR count). The Balaban J connectivity index is 1.24. The molecule has 3 aromatic rings. The lowest BCUT2D eigenvalue weighted by molar-refractivity contribution is -0.151. The third-order valence-electron chi connectivity index (χ3n) is 5.95. The monoisotopic (exact) mass is 474 g/mol. The Hall–Kier alpha value is -3.34. The van der Waals surface area contributed by atoms with Crippen molar-refractivity contribution in [3.63, 3.8) is 0 Å². The highest BCUT2D eigenvalue weighted by molar-refractivity contribution is 7.90. The van der Waals surface area contributed by atoms with Crippen molar-refractivity contribution < 1.29 is 26.7 Å². The molecule has 11 heteroatoms. The molecule has 3 heterocycles. The number of alkyl halides is 2. The number of rotatable bonds is 4. The minimum atomic E-state index is -3.71. The summed E-state index contributed by atoms with van der Waals surface area (Å²) in [6.07, 6.45) is 0.872. The number of esters is 1. The fourth-order valence-corrected chi connectivity index (χ4v) is 5.54. The number of para-hydroxylation sites is 2. The number of carbonyl (C=O) groups is 1. The summed E-state index contributed by atoms with van der Waals surface area (Å²) >= 11 is 0. The van der Waals surface area contributed by atoms with Crippen LogP contribution in [0.2, 0.25) is 0 Å². The van der Waals surface area contributed by atoms with Crippen LogP contribution >= 0.6 is 0 Å². The zero-order chi connectivity index (χ0) is 23.2. The third-order valence-corrected chi connectivity index (χ3v) is 7.27. The Morgan fingerprint density at radius 1 is 1.09 bits per heavy atom. The summed E-state index contributed by atoms with van der Waals surface area (Å²) in [6.45, 7) is -2.30. The van der Waals surface area contributed by atoms with Crippen LogP contribution in [0.1, 0.15) is 30.8 Å². The standard InChI is InChI=1S/C22H20F2N4O4S/c23-22(24)28-17-7-3-2-6-16(17)25-19(28)13-32-21(29)14-9-11-27(12-10-14)20-15-5-1-4-8-18(15)33(30,31)26-20/h1-8,14,22H,9-13H2. The highest BCUT2D eigenvalue weighted by Crippen LogP contribution is 2.30. The van der Waals surface area contributed by atoms with E-state index in [0.29, 0.717) is 42.8 Å². The molecule has 0 bridgehead atoms. The molecule has 0 spiro atoms. The van der Waals surface area contributed by atoms with Crippen molar-refractivity contribution in [3.8, 4) is 0 Å². The molecule has 0 unspecified atom stereocenters. The van der Waals surface area contributed by atoms with Crippen LogP contribution in [0, 0.1) is 5.92 Å². The molecule has 33 heavy (non-hydrogen) atoms. The molecule has 1 saturated heterocycles. The third kappa shape index (κ3) is 3.86. The molecule has 0 radical (unpaired) electrons. The van der Waals surface area contributed by atoms with E-state index in [1.807, 2.05) is 4.90 Å². The fourth-order valence-electron chi connectivity index (χ4n) is 4.31. The van der Waals surface area contributed by atoms with Crippen LogP contribution in [0.5, 0.6) is 0 Å². The molecule has 0 amide bonds. The van der Waals surface area contributed by atoms with Crippen molar-refractivity contribution in [2.24, 2.45) is 10.3 Å². The van der Waals surface area contributed by atoms with Crippen LogP contribution in [0.3, 0.4) is 0 Å². The lowest BCUT2D eigenvalue weighted by Crippen LogP contribution is -2.40. The Bertz CT molecular complexity index is 1360. The maximum atomic E-state index is 13.5. The van der Waals surface area contributed by atoms with Crippen molar-refractivity contribution in [3.05, 3.63) is 59.9 Å². The van der Waals surface area contributed by atoms with Crippen LogP contribution in [0.15, 0.2) is 57.8 Å². The number of fused-ring (bicyclic) bond motifs is 2. The SMILES string of the molecule is O=C(OCc1nc2ccccc2n1C(F)F)C1CCN(C2=NS(=O)(=O)c3ccccc32)CC1. The summed E-state index contributed by atoms with van der Waals surface area (Å²) in [5.74, 6) is -0.523. The smallest absolute Gasteiger partial charge is 0.320 e. The van der Waals surface area contributed by atoms with E-state index in [-0.39, 0.29) is 22.8 Å². The first-order valence-corrected chi connectivity index (χ1v) is 11.9. The van der Waals surface area contributed by atoms with Crippen molar-refractivity contribution in [1.29, 1.82) is 0 Å². The second-order valence-electron chi connectivity index (χ2n) is 7.92. The zero-order valence-electron chi connectivity index (χ0n) is 17.4. The van der Waals surface area contributed by atoms with Crippen molar-refractivity contribution >= 4 is 32.9 Å². The molecular formula is C22H20F2N4O4S. The highest BCUT2D eigenvalue weighted by Gasteiger charge is 2.35. The van der Waals surface area contributed by atoms with E-state index in [9.17, 15) is 22.0 Å². The average molecular weight is 474 g/mol. The van der Waals surface area contributed by atoms with Crippen molar-refractivity contribution in [2.45, 2.75) is 30.9 Å². The van der Waals surface area contributed by atoms with Gasteiger partial charge in [-0.15, -0.1) is 4.40 Å². The number of piperidine rings is 1. The van der Waals surface area contributed by atoms with E-state index in [1.165, 1.54) is 6.07 Å². The Morgan fingerprint density at radius 2 is 1.79 bits per heavy atom. The predicted molar refractivity (Wildman–Crippen MR) is 115 cm³/mol. The number of nitrogens with zero attached hydrogens (tertiary/aromatic N) is 4. The zero-order valence-corrected chi connectivity index (χ0v) is 18.2. The number of benzene rings is 2. The van der Waals surface area contributed by atoms with Gasteiger partial charge >= 0.3 is 12.5 Å². The van der Waals surface area contributed by atoms with Crippen LogP contribution in [-0.4, -0.2) is 47.8 Å². The number of amidine groups is 1. The molecule has 2 aliphatic rings. The Kier molecular flexibility index (Phi) is 5.35. The van der Waals surface area contributed by atoms with E-state index in [4.69, 9.17) is 4.74 Å². The van der Waals surface area contributed by atoms with E-state index < -0.39 is 28.5 Å². The van der Waals surface area contributed by atoms with Gasteiger partial charge in [-0.05, 0) is 37.1 Å². The van der Waals surface area contributed by atoms with Crippen LogP contribution in [-0.2, 0) is 26.2 Å². The molecule has 0 N–H and O–H groups in total. The summed E-state index contributed by atoms with van der Waals surface area (Å²) < 4.78 is 61.7. The van der Waals surface area contributed by atoms with Gasteiger partial charge in [0, 0.05) is 18.7 Å². The predicted octanol–water partition coefficient (Wildman–Crippen LogP) is 3.34. The molecule has 2 aliphatic heterocycles. The fraction of sp³-hybridized carbons (Fsp3) is 0.318. The molecule has 1 fully saturated rings. The van der Waals surface area contributed by atoms with Gasteiger partial charge in [-0.25, -0.2) is 4.98 Å². The lowest BCUT2D eigenvalue weighted by atomic mass is 9.96. The highest BCUT2D eigenvalue weighted by atomic mass is 32.2. The summed E-state index contributed by atoms with van der Waals surface area (Å²) in [4.78, 5) is 18.8. The number of ether oxygens (including phenoxy) is 1. The quantitative estimate of drug-likeness (QED) is 0.539. The topological polar surface area (TPSA) is 93.9 Å². The molecule has 1 aromatic heterocycles. The van der Waals surface area contributed by atoms with E-state index in [2.05, 4.69) is 9.38 Å². The van der Waals surface area contributed by atoms with Gasteiger partial charge in [0.2, 0.25) is 0 Å². The number of hydrogen-bond donors (Lipinski definition) is 0. The number of carbonyl (C=O) groups excluding carboxylic acids is 1. The molecule has 172 valence electrons. The van der Waals surface area contributed by atoms with Gasteiger partial charge in [0.1, 0.15) is 11.5 Å². The van der Waals surface area contributed by atoms with Gasteiger partial charge < -0.3 is 9.64 Å². The van der Waals surface area contributed by atoms with Crippen LogP contribution in [0.4, 0.5) is 8.78 Å². The molecule has 2 aromatic carbocycles. The normalized spacial score (nSPS) is 17.9. The number of hydrogen-bond acceptors (Lipinski definition) is 6. The van der Waals surface area contributed by atoms with Gasteiger partial charge in [0.05, 0.1) is 17.0 Å². The van der Waals surface area contributed by atoms with Crippen LogP contribution in [0.25, 0.3) is 11.0 Å². The van der Waals surface area contributed by atoms with Gasteiger partial charge in [-0.2, -0.15) is 17.2 Å². The molecule has 8 nitrogen and oxygen atoms in total. The van der Waals surface area contributed by atoms with Crippen LogP contribution < -0.4 is 0 Å². The number of aromatic nitrogens is 2. The first-order chi connectivity index (χ1) is 15.8. The van der Waals surface area contributed by atoms with E-state index >= 15 is 0 Å². The summed E-state index contributed by atoms with van der Waals surface area (Å²) in [5, 5.41) is 0. The van der Waals surface area contributed by atoms with Crippen molar-refractivity contribution in [1.82, 2.24) is 14.5 Å². The van der Waals surface area contributed by atoms with Gasteiger partial charge in [-0.1, -0.05) is 24.3 Å². The molecule has 0 saturated carbocycles. The maximum absolute atomic E-state index is 13.5.